The van der Waals surface area contributed by atoms with E-state index in [9.17, 15) is 0 Å². The van der Waals surface area contributed by atoms with Gasteiger partial charge in [-0.2, -0.15) is 4.37 Å². The minimum absolute atomic E-state index is 0.314. The fourth-order valence-electron chi connectivity index (χ4n) is 2.10. The van der Waals surface area contributed by atoms with Gasteiger partial charge in [-0.25, -0.2) is 4.98 Å². The Morgan fingerprint density at radius 3 is 2.55 bits per heavy atom. The van der Waals surface area contributed by atoms with E-state index in [1.54, 1.807) is 11.8 Å². The van der Waals surface area contributed by atoms with Crippen LogP contribution in [0.2, 0.25) is 0 Å². The average molecular weight is 307 g/mol. The van der Waals surface area contributed by atoms with Gasteiger partial charge in [0.25, 0.3) is 0 Å². The number of rotatable bonds is 6. The van der Waals surface area contributed by atoms with Crippen molar-refractivity contribution in [3.63, 3.8) is 0 Å². The summed E-state index contributed by atoms with van der Waals surface area (Å²) in [6.07, 6.45) is 0.902. The van der Waals surface area contributed by atoms with Crippen LogP contribution < -0.4 is 5.32 Å². The molecule has 5 heteroatoms. The number of thioether (sulfide) groups is 1. The molecule has 0 aliphatic rings. The summed E-state index contributed by atoms with van der Waals surface area (Å²) in [6, 6.07) is 9.04. The molecule has 0 saturated carbocycles. The molecule has 0 spiro atoms. The first-order chi connectivity index (χ1) is 9.63. The molecule has 2 unspecified atom stereocenters. The van der Waals surface area contributed by atoms with Gasteiger partial charge in [-0.1, -0.05) is 55.4 Å². The van der Waals surface area contributed by atoms with Gasteiger partial charge in [-0.15, -0.1) is 0 Å². The lowest BCUT2D eigenvalue weighted by molar-refractivity contribution is 0.589. The lowest BCUT2D eigenvalue weighted by Crippen LogP contribution is -2.25. The van der Waals surface area contributed by atoms with Crippen LogP contribution in [0.15, 0.2) is 28.6 Å². The van der Waals surface area contributed by atoms with E-state index in [2.05, 4.69) is 59.7 Å². The van der Waals surface area contributed by atoms with Crippen molar-refractivity contribution in [3.05, 3.63) is 41.2 Å². The second kappa shape index (κ2) is 7.20. The van der Waals surface area contributed by atoms with Crippen LogP contribution in [0.5, 0.6) is 0 Å². The molecule has 0 amide bonds. The van der Waals surface area contributed by atoms with Crippen molar-refractivity contribution < 1.29 is 0 Å². The maximum atomic E-state index is 4.54. The molecule has 1 aromatic heterocycles. The lowest BCUT2D eigenvalue weighted by atomic mass is 10.0. The van der Waals surface area contributed by atoms with E-state index in [4.69, 9.17) is 0 Å². The summed E-state index contributed by atoms with van der Waals surface area (Å²) < 4.78 is 5.40. The van der Waals surface area contributed by atoms with Gasteiger partial charge in [0.05, 0.1) is 0 Å². The van der Waals surface area contributed by atoms with Gasteiger partial charge < -0.3 is 5.32 Å². The predicted octanol–water partition coefficient (Wildman–Crippen LogP) is 3.85. The number of hydrogen-bond donors (Lipinski definition) is 1. The van der Waals surface area contributed by atoms with Gasteiger partial charge in [0.2, 0.25) is 0 Å². The topological polar surface area (TPSA) is 37.8 Å². The predicted molar refractivity (Wildman–Crippen MR) is 87.6 cm³/mol. The quantitative estimate of drug-likeness (QED) is 0.823. The van der Waals surface area contributed by atoms with Crippen LogP contribution in [-0.2, 0) is 6.42 Å². The summed E-state index contributed by atoms with van der Waals surface area (Å²) >= 11 is 3.30. The highest BCUT2D eigenvalue weighted by Crippen LogP contribution is 2.32. The third kappa shape index (κ3) is 3.81. The summed E-state index contributed by atoms with van der Waals surface area (Å²) in [4.78, 5) is 4.54. The summed E-state index contributed by atoms with van der Waals surface area (Å²) in [7, 11) is 2.01. The van der Waals surface area contributed by atoms with E-state index in [0.717, 1.165) is 16.6 Å². The SMILES string of the molecule is CCc1nsc(SC(C)C(NC)c2ccc(C)cc2)n1. The van der Waals surface area contributed by atoms with Gasteiger partial charge in [0.1, 0.15) is 5.82 Å². The smallest absolute Gasteiger partial charge is 0.170 e. The van der Waals surface area contributed by atoms with Crippen LogP contribution in [-0.4, -0.2) is 21.7 Å². The van der Waals surface area contributed by atoms with Crippen LogP contribution in [0, 0.1) is 6.92 Å². The third-order valence-electron chi connectivity index (χ3n) is 3.27. The molecule has 1 N–H and O–H groups in total. The van der Waals surface area contributed by atoms with E-state index in [0.29, 0.717) is 11.3 Å². The zero-order valence-corrected chi connectivity index (χ0v) is 14.0. The molecule has 108 valence electrons. The lowest BCUT2D eigenvalue weighted by Gasteiger charge is -2.22. The molecule has 2 aromatic rings. The number of aryl methyl sites for hydroxylation is 2. The van der Waals surface area contributed by atoms with Crippen LogP contribution in [0.25, 0.3) is 0 Å². The molecule has 2 rings (SSSR count). The Bertz CT molecular complexity index is 536. The standard InChI is InChI=1S/C15H21N3S2/c1-5-13-17-15(20-18-13)19-11(3)14(16-4)12-8-6-10(2)7-9-12/h6-9,11,14,16H,5H2,1-4H3. The van der Waals surface area contributed by atoms with Crippen molar-refractivity contribution in [1.29, 1.82) is 0 Å². The van der Waals surface area contributed by atoms with Crippen molar-refractivity contribution in [3.8, 4) is 0 Å². The van der Waals surface area contributed by atoms with Crippen LogP contribution in [0.1, 0.15) is 36.8 Å². The molecule has 0 bridgehead atoms. The Balaban J connectivity index is 2.08. The Hall–Kier alpha value is -0.910. The molecular formula is C15H21N3S2. The Morgan fingerprint density at radius 1 is 1.30 bits per heavy atom. The van der Waals surface area contributed by atoms with Gasteiger partial charge >= 0.3 is 0 Å². The van der Waals surface area contributed by atoms with E-state index >= 15 is 0 Å². The Labute approximate surface area is 129 Å². The minimum Gasteiger partial charge on any atom is -0.312 e. The Morgan fingerprint density at radius 2 is 2.00 bits per heavy atom. The Kier molecular flexibility index (Phi) is 5.57. The van der Waals surface area contributed by atoms with Crippen molar-refractivity contribution in [2.75, 3.05) is 7.05 Å². The molecular weight excluding hydrogens is 286 g/mol. The summed E-state index contributed by atoms with van der Waals surface area (Å²) in [6.45, 7) is 6.44. The number of nitrogens with one attached hydrogen (secondary N) is 1. The van der Waals surface area contributed by atoms with Gasteiger partial charge in [0.15, 0.2) is 4.34 Å². The fourth-order valence-corrected chi connectivity index (χ4v) is 4.25. The monoisotopic (exact) mass is 307 g/mol. The van der Waals surface area contributed by atoms with Crippen molar-refractivity contribution in [2.45, 2.75) is 42.8 Å². The highest BCUT2D eigenvalue weighted by atomic mass is 32.2. The van der Waals surface area contributed by atoms with Crippen LogP contribution in [0.3, 0.4) is 0 Å². The first-order valence-electron chi connectivity index (χ1n) is 6.87. The zero-order valence-electron chi connectivity index (χ0n) is 12.4. The highest BCUT2D eigenvalue weighted by molar-refractivity contribution is 8.01. The molecule has 0 saturated heterocycles. The fraction of sp³-hybridized carbons (Fsp3) is 0.467. The first kappa shape index (κ1) is 15.5. The largest absolute Gasteiger partial charge is 0.312 e. The molecule has 2 atom stereocenters. The molecule has 0 radical (unpaired) electrons. The van der Waals surface area contributed by atoms with E-state index in [-0.39, 0.29) is 0 Å². The second-order valence-corrected chi connectivity index (χ2v) is 7.21. The molecule has 0 aliphatic heterocycles. The molecule has 20 heavy (non-hydrogen) atoms. The molecule has 0 aliphatic carbocycles. The van der Waals surface area contributed by atoms with E-state index < -0.39 is 0 Å². The van der Waals surface area contributed by atoms with Gasteiger partial charge in [-0.05, 0) is 31.1 Å². The summed E-state index contributed by atoms with van der Waals surface area (Å²) in [5.41, 5.74) is 2.61. The van der Waals surface area contributed by atoms with Crippen LogP contribution >= 0.6 is 23.3 Å². The van der Waals surface area contributed by atoms with Crippen molar-refractivity contribution >= 4 is 23.3 Å². The number of aromatic nitrogens is 2. The summed E-state index contributed by atoms with van der Waals surface area (Å²) in [5, 5.41) is 3.82. The van der Waals surface area contributed by atoms with Gasteiger partial charge in [0, 0.05) is 17.7 Å². The summed E-state index contributed by atoms with van der Waals surface area (Å²) in [5.74, 6) is 0.945. The maximum absolute atomic E-state index is 4.54. The maximum Gasteiger partial charge on any atom is 0.170 e. The number of nitrogens with zero attached hydrogens (tertiary/aromatic N) is 2. The minimum atomic E-state index is 0.314. The van der Waals surface area contributed by atoms with Crippen LogP contribution in [0.4, 0.5) is 0 Å². The average Bonchev–Trinajstić information content (AvgIpc) is 2.89. The zero-order chi connectivity index (χ0) is 14.5. The number of hydrogen-bond acceptors (Lipinski definition) is 5. The van der Waals surface area contributed by atoms with Crippen molar-refractivity contribution in [2.24, 2.45) is 0 Å². The van der Waals surface area contributed by atoms with Gasteiger partial charge in [-0.3, -0.25) is 0 Å². The molecule has 1 heterocycles. The molecule has 3 nitrogen and oxygen atoms in total. The first-order valence-corrected chi connectivity index (χ1v) is 8.52. The second-order valence-electron chi connectivity index (χ2n) is 4.83. The normalized spacial score (nSPS) is 14.2. The van der Waals surface area contributed by atoms with E-state index in [1.807, 2.05) is 7.05 Å². The van der Waals surface area contributed by atoms with Crippen molar-refractivity contribution in [1.82, 2.24) is 14.7 Å². The van der Waals surface area contributed by atoms with E-state index in [1.165, 1.54) is 22.7 Å². The molecule has 0 fully saturated rings. The third-order valence-corrected chi connectivity index (χ3v) is 5.27. The molecule has 1 aromatic carbocycles. The number of benzene rings is 1. The highest BCUT2D eigenvalue weighted by Gasteiger charge is 2.20.